The van der Waals surface area contributed by atoms with E-state index < -0.39 is 0 Å². The lowest BCUT2D eigenvalue weighted by Crippen LogP contribution is -2.20. The fraction of sp³-hybridized carbons (Fsp3) is 0.571. The van der Waals surface area contributed by atoms with Gasteiger partial charge >= 0.3 is 0 Å². The first-order chi connectivity index (χ1) is 7.13. The molecule has 0 aliphatic heterocycles. The summed E-state index contributed by atoms with van der Waals surface area (Å²) in [5, 5.41) is 9.34. The van der Waals surface area contributed by atoms with Crippen molar-refractivity contribution in [3.63, 3.8) is 0 Å². The molecule has 2 unspecified atom stereocenters. The van der Waals surface area contributed by atoms with Crippen LogP contribution in [0.5, 0.6) is 0 Å². The predicted octanol–water partition coefficient (Wildman–Crippen LogP) is 2.90. The lowest BCUT2D eigenvalue weighted by Gasteiger charge is -2.24. The fourth-order valence-electron chi connectivity index (χ4n) is 3.02. The molecule has 15 heavy (non-hydrogen) atoms. The van der Waals surface area contributed by atoms with E-state index >= 15 is 0 Å². The third-order valence-corrected chi connectivity index (χ3v) is 4.05. The van der Waals surface area contributed by atoms with Gasteiger partial charge in [-0.15, -0.1) is 0 Å². The Balaban J connectivity index is 2.40. The minimum atomic E-state index is 0.250. The van der Waals surface area contributed by atoms with Gasteiger partial charge in [0.25, 0.3) is 0 Å². The molecule has 2 rings (SSSR count). The van der Waals surface area contributed by atoms with E-state index in [9.17, 15) is 5.11 Å². The van der Waals surface area contributed by atoms with Crippen LogP contribution >= 0.6 is 0 Å². The first-order valence-corrected chi connectivity index (χ1v) is 5.80. The smallest absolute Gasteiger partial charge is 0.0468 e. The van der Waals surface area contributed by atoms with Crippen LogP contribution in [0.4, 0.5) is 0 Å². The van der Waals surface area contributed by atoms with Crippen molar-refractivity contribution in [1.29, 1.82) is 0 Å². The lowest BCUT2D eigenvalue weighted by molar-refractivity contribution is 0.252. The molecular weight excluding hydrogens is 184 g/mol. The summed E-state index contributed by atoms with van der Waals surface area (Å²) in [6.45, 7) is 7.03. The minimum absolute atomic E-state index is 0.250. The number of rotatable bonds is 3. The maximum absolute atomic E-state index is 9.34. The van der Waals surface area contributed by atoms with Crippen molar-refractivity contribution in [2.45, 2.75) is 32.6 Å². The summed E-state index contributed by atoms with van der Waals surface area (Å²) in [7, 11) is 0. The highest BCUT2D eigenvalue weighted by molar-refractivity contribution is 5.40. The topological polar surface area (TPSA) is 20.2 Å². The molecule has 1 aromatic rings. The standard InChI is InChI=1S/C14H20O/c1-10(2)14(8-12(14)9-15)13-7-5-4-6-11(13)3/h4-7,10,12,15H,8-9H2,1-3H3. The summed E-state index contributed by atoms with van der Waals surface area (Å²) in [5.74, 6) is 1.08. The molecule has 0 spiro atoms. The van der Waals surface area contributed by atoms with Gasteiger partial charge in [-0.1, -0.05) is 38.1 Å². The predicted molar refractivity (Wildman–Crippen MR) is 62.9 cm³/mol. The SMILES string of the molecule is Cc1ccccc1C1(C(C)C)CC1CO. The highest BCUT2D eigenvalue weighted by Crippen LogP contribution is 2.59. The lowest BCUT2D eigenvalue weighted by atomic mass is 9.81. The van der Waals surface area contributed by atoms with Gasteiger partial charge in [-0.2, -0.15) is 0 Å². The van der Waals surface area contributed by atoms with E-state index in [1.807, 2.05) is 0 Å². The maximum atomic E-state index is 9.34. The van der Waals surface area contributed by atoms with Gasteiger partial charge in [0.05, 0.1) is 0 Å². The van der Waals surface area contributed by atoms with Crippen molar-refractivity contribution in [2.24, 2.45) is 11.8 Å². The zero-order valence-corrected chi connectivity index (χ0v) is 9.83. The monoisotopic (exact) mass is 204 g/mol. The van der Waals surface area contributed by atoms with Crippen LogP contribution in [0.25, 0.3) is 0 Å². The van der Waals surface area contributed by atoms with Crippen LogP contribution in [0.2, 0.25) is 0 Å². The van der Waals surface area contributed by atoms with Gasteiger partial charge < -0.3 is 5.11 Å². The average molecular weight is 204 g/mol. The molecule has 1 N–H and O–H groups in total. The van der Waals surface area contributed by atoms with E-state index in [0.29, 0.717) is 18.4 Å². The van der Waals surface area contributed by atoms with Crippen molar-refractivity contribution in [3.05, 3.63) is 35.4 Å². The number of hydrogen-bond donors (Lipinski definition) is 1. The first-order valence-electron chi connectivity index (χ1n) is 5.80. The second-order valence-corrected chi connectivity index (χ2v) is 5.09. The fourth-order valence-corrected chi connectivity index (χ4v) is 3.02. The third-order valence-electron chi connectivity index (χ3n) is 4.05. The molecule has 0 saturated heterocycles. The summed E-state index contributed by atoms with van der Waals surface area (Å²) in [4.78, 5) is 0. The summed E-state index contributed by atoms with van der Waals surface area (Å²) in [6.07, 6.45) is 1.14. The number of aliphatic hydroxyl groups is 1. The normalized spacial score (nSPS) is 29.5. The molecular formula is C14H20O. The zero-order chi connectivity index (χ0) is 11.1. The van der Waals surface area contributed by atoms with Gasteiger partial charge in [0.15, 0.2) is 0 Å². The number of benzene rings is 1. The van der Waals surface area contributed by atoms with Crippen LogP contribution in [-0.4, -0.2) is 11.7 Å². The molecule has 1 aliphatic carbocycles. The van der Waals surface area contributed by atoms with E-state index in [1.54, 1.807) is 0 Å². The van der Waals surface area contributed by atoms with E-state index in [2.05, 4.69) is 45.0 Å². The van der Waals surface area contributed by atoms with Gasteiger partial charge in [0.1, 0.15) is 0 Å². The van der Waals surface area contributed by atoms with Crippen molar-refractivity contribution in [2.75, 3.05) is 6.61 Å². The van der Waals surface area contributed by atoms with Crippen LogP contribution in [0.1, 0.15) is 31.4 Å². The molecule has 1 heteroatoms. The molecule has 0 radical (unpaired) electrons. The third kappa shape index (κ3) is 1.50. The van der Waals surface area contributed by atoms with Gasteiger partial charge in [-0.05, 0) is 36.3 Å². The Hall–Kier alpha value is -0.820. The molecule has 1 saturated carbocycles. The molecule has 1 aliphatic rings. The minimum Gasteiger partial charge on any atom is -0.396 e. The van der Waals surface area contributed by atoms with Crippen LogP contribution in [0.15, 0.2) is 24.3 Å². The van der Waals surface area contributed by atoms with Gasteiger partial charge in [-0.25, -0.2) is 0 Å². The maximum Gasteiger partial charge on any atom is 0.0468 e. The van der Waals surface area contributed by atoms with Gasteiger partial charge in [0.2, 0.25) is 0 Å². The largest absolute Gasteiger partial charge is 0.396 e. The quantitative estimate of drug-likeness (QED) is 0.802. The molecule has 82 valence electrons. The van der Waals surface area contributed by atoms with Crippen LogP contribution in [-0.2, 0) is 5.41 Å². The van der Waals surface area contributed by atoms with Crippen molar-refractivity contribution >= 4 is 0 Å². The molecule has 0 amide bonds. The highest BCUT2D eigenvalue weighted by atomic mass is 16.3. The van der Waals surface area contributed by atoms with Crippen LogP contribution in [0, 0.1) is 18.8 Å². The first kappa shape index (κ1) is 10.7. The number of aryl methyl sites for hydroxylation is 1. The second-order valence-electron chi connectivity index (χ2n) is 5.09. The Morgan fingerprint density at radius 2 is 2.07 bits per heavy atom. The number of aliphatic hydroxyl groups excluding tert-OH is 1. The Kier molecular flexibility index (Phi) is 2.59. The average Bonchev–Trinajstić information content (AvgIpc) is 2.94. The molecule has 0 heterocycles. The summed E-state index contributed by atoms with van der Waals surface area (Å²) in [5.41, 5.74) is 3.06. The number of hydrogen-bond acceptors (Lipinski definition) is 1. The zero-order valence-electron chi connectivity index (χ0n) is 9.83. The van der Waals surface area contributed by atoms with Crippen LogP contribution in [0.3, 0.4) is 0 Å². The second kappa shape index (κ2) is 3.64. The van der Waals surface area contributed by atoms with E-state index in [0.717, 1.165) is 6.42 Å². The van der Waals surface area contributed by atoms with Crippen LogP contribution < -0.4 is 0 Å². The summed E-state index contributed by atoms with van der Waals surface area (Å²) >= 11 is 0. The molecule has 0 aromatic heterocycles. The van der Waals surface area contributed by atoms with Gasteiger partial charge in [-0.3, -0.25) is 0 Å². The summed E-state index contributed by atoms with van der Waals surface area (Å²) in [6, 6.07) is 8.60. The summed E-state index contributed by atoms with van der Waals surface area (Å²) < 4.78 is 0. The Morgan fingerprint density at radius 3 is 2.53 bits per heavy atom. The molecule has 1 nitrogen and oxygen atoms in total. The molecule has 1 fully saturated rings. The highest BCUT2D eigenvalue weighted by Gasteiger charge is 2.56. The van der Waals surface area contributed by atoms with Gasteiger partial charge in [0, 0.05) is 12.0 Å². The van der Waals surface area contributed by atoms with Crippen molar-refractivity contribution < 1.29 is 5.11 Å². The van der Waals surface area contributed by atoms with Crippen molar-refractivity contribution in [3.8, 4) is 0 Å². The molecule has 1 aromatic carbocycles. The molecule has 2 atom stereocenters. The van der Waals surface area contributed by atoms with E-state index in [1.165, 1.54) is 11.1 Å². The molecule has 0 bridgehead atoms. The Bertz CT molecular complexity index is 356. The Morgan fingerprint density at radius 1 is 1.40 bits per heavy atom. The van der Waals surface area contributed by atoms with E-state index in [4.69, 9.17) is 0 Å². The van der Waals surface area contributed by atoms with E-state index in [-0.39, 0.29) is 5.41 Å². The van der Waals surface area contributed by atoms with Crippen molar-refractivity contribution in [1.82, 2.24) is 0 Å². The Labute approximate surface area is 92.1 Å².